The fraction of sp³-hybridized carbons (Fsp3) is 0.0769. The van der Waals surface area contributed by atoms with Gasteiger partial charge in [0.05, 0.1) is 4.47 Å². The van der Waals surface area contributed by atoms with Gasteiger partial charge in [0.15, 0.2) is 0 Å². The molecule has 0 heterocycles. The molecule has 0 aromatic heterocycles. The third-order valence-corrected chi connectivity index (χ3v) is 3.64. The number of nitrogen functional groups attached to an aromatic ring is 1. The molecular weight excluding hydrogens is 393 g/mol. The summed E-state index contributed by atoms with van der Waals surface area (Å²) in [6, 6.07) is 11.7. The van der Waals surface area contributed by atoms with Crippen LogP contribution < -0.4 is 10.5 Å². The van der Waals surface area contributed by atoms with E-state index < -0.39 is 0 Å². The fourth-order valence-corrected chi connectivity index (χ4v) is 2.36. The standard InChI is InChI=1S/C13H11BrINO/c1-8-5-13(11(14)7-12(8)16)17-10-4-2-3-9(15)6-10/h2-7H,16H2,1H3. The number of ether oxygens (including phenoxy) is 1. The zero-order valence-corrected chi connectivity index (χ0v) is 12.9. The van der Waals surface area contributed by atoms with E-state index in [2.05, 4.69) is 38.5 Å². The van der Waals surface area contributed by atoms with Crippen LogP contribution in [0.2, 0.25) is 0 Å². The minimum absolute atomic E-state index is 0.756. The van der Waals surface area contributed by atoms with Crippen molar-refractivity contribution in [1.29, 1.82) is 0 Å². The largest absolute Gasteiger partial charge is 0.456 e. The summed E-state index contributed by atoms with van der Waals surface area (Å²) in [5.41, 5.74) is 7.58. The summed E-state index contributed by atoms with van der Waals surface area (Å²) >= 11 is 5.71. The summed E-state index contributed by atoms with van der Waals surface area (Å²) < 4.78 is 7.82. The van der Waals surface area contributed by atoms with Gasteiger partial charge in [-0.3, -0.25) is 0 Å². The van der Waals surface area contributed by atoms with E-state index in [1.807, 2.05) is 43.3 Å². The van der Waals surface area contributed by atoms with Gasteiger partial charge in [0.2, 0.25) is 0 Å². The van der Waals surface area contributed by atoms with Crippen LogP contribution in [-0.4, -0.2) is 0 Å². The monoisotopic (exact) mass is 403 g/mol. The van der Waals surface area contributed by atoms with Crippen LogP contribution >= 0.6 is 38.5 Å². The lowest BCUT2D eigenvalue weighted by molar-refractivity contribution is 0.479. The number of aryl methyl sites for hydroxylation is 1. The Morgan fingerprint density at radius 3 is 2.71 bits per heavy atom. The minimum atomic E-state index is 0.756. The van der Waals surface area contributed by atoms with Gasteiger partial charge < -0.3 is 10.5 Å². The molecule has 0 atom stereocenters. The molecule has 0 saturated carbocycles. The average Bonchev–Trinajstić information content (AvgIpc) is 2.26. The quantitative estimate of drug-likeness (QED) is 0.580. The summed E-state index contributed by atoms with van der Waals surface area (Å²) in [4.78, 5) is 0. The lowest BCUT2D eigenvalue weighted by Crippen LogP contribution is -1.92. The fourth-order valence-electron chi connectivity index (χ4n) is 1.41. The molecule has 17 heavy (non-hydrogen) atoms. The molecule has 0 amide bonds. The molecule has 0 unspecified atom stereocenters. The van der Waals surface area contributed by atoms with Gasteiger partial charge in [-0.2, -0.15) is 0 Å². The molecule has 0 aliphatic carbocycles. The zero-order chi connectivity index (χ0) is 12.4. The number of hydrogen-bond donors (Lipinski definition) is 1. The van der Waals surface area contributed by atoms with Crippen LogP contribution in [0, 0.1) is 10.5 Å². The van der Waals surface area contributed by atoms with E-state index in [0.717, 1.165) is 30.8 Å². The van der Waals surface area contributed by atoms with Crippen LogP contribution in [0.3, 0.4) is 0 Å². The lowest BCUT2D eigenvalue weighted by atomic mass is 10.2. The Kier molecular flexibility index (Phi) is 3.93. The Morgan fingerprint density at radius 2 is 2.00 bits per heavy atom. The first kappa shape index (κ1) is 12.7. The topological polar surface area (TPSA) is 35.2 Å². The minimum Gasteiger partial charge on any atom is -0.456 e. The molecule has 0 saturated heterocycles. The summed E-state index contributed by atoms with van der Waals surface area (Å²) in [6.07, 6.45) is 0. The third-order valence-electron chi connectivity index (χ3n) is 2.34. The molecular formula is C13H11BrINO. The van der Waals surface area contributed by atoms with E-state index >= 15 is 0 Å². The number of rotatable bonds is 2. The smallest absolute Gasteiger partial charge is 0.142 e. The second-order valence-corrected chi connectivity index (χ2v) is 5.80. The van der Waals surface area contributed by atoms with Crippen molar-refractivity contribution >= 4 is 44.2 Å². The van der Waals surface area contributed by atoms with E-state index in [-0.39, 0.29) is 0 Å². The van der Waals surface area contributed by atoms with Gasteiger partial charge in [-0.15, -0.1) is 0 Å². The van der Waals surface area contributed by atoms with Gasteiger partial charge in [-0.1, -0.05) is 6.07 Å². The number of benzene rings is 2. The van der Waals surface area contributed by atoms with Gasteiger partial charge in [0.25, 0.3) is 0 Å². The Hall–Kier alpha value is -0.750. The highest BCUT2D eigenvalue weighted by molar-refractivity contribution is 14.1. The second kappa shape index (κ2) is 5.27. The summed E-state index contributed by atoms with van der Waals surface area (Å²) in [6.45, 7) is 1.96. The van der Waals surface area contributed by atoms with E-state index in [4.69, 9.17) is 10.5 Å². The van der Waals surface area contributed by atoms with Crippen molar-refractivity contribution < 1.29 is 4.74 Å². The van der Waals surface area contributed by atoms with E-state index in [9.17, 15) is 0 Å². The molecule has 2 aromatic carbocycles. The Balaban J connectivity index is 2.33. The van der Waals surface area contributed by atoms with Crippen molar-refractivity contribution in [3.63, 3.8) is 0 Å². The maximum Gasteiger partial charge on any atom is 0.142 e. The second-order valence-electron chi connectivity index (χ2n) is 3.70. The molecule has 0 aliphatic heterocycles. The SMILES string of the molecule is Cc1cc(Oc2cccc(I)c2)c(Br)cc1N. The highest BCUT2D eigenvalue weighted by atomic mass is 127. The van der Waals surface area contributed by atoms with Crippen molar-refractivity contribution in [2.24, 2.45) is 0 Å². The molecule has 2 rings (SSSR count). The van der Waals surface area contributed by atoms with Gasteiger partial charge in [0, 0.05) is 9.26 Å². The first-order valence-corrected chi connectivity index (χ1v) is 6.92. The zero-order valence-electron chi connectivity index (χ0n) is 9.21. The van der Waals surface area contributed by atoms with Crippen LogP contribution in [0.4, 0.5) is 5.69 Å². The van der Waals surface area contributed by atoms with Crippen LogP contribution in [0.5, 0.6) is 11.5 Å². The lowest BCUT2D eigenvalue weighted by Gasteiger charge is -2.10. The van der Waals surface area contributed by atoms with E-state index in [0.29, 0.717) is 0 Å². The molecule has 2 aromatic rings. The first-order valence-electron chi connectivity index (χ1n) is 5.05. The highest BCUT2D eigenvalue weighted by Gasteiger charge is 2.06. The van der Waals surface area contributed by atoms with Crippen molar-refractivity contribution in [1.82, 2.24) is 0 Å². The molecule has 0 radical (unpaired) electrons. The number of nitrogens with two attached hydrogens (primary N) is 1. The maximum absolute atomic E-state index is 5.82. The van der Waals surface area contributed by atoms with Crippen LogP contribution in [0.15, 0.2) is 40.9 Å². The maximum atomic E-state index is 5.82. The van der Waals surface area contributed by atoms with Crippen LogP contribution in [0.1, 0.15) is 5.56 Å². The van der Waals surface area contributed by atoms with Crippen LogP contribution in [0.25, 0.3) is 0 Å². The Bertz CT molecular complexity index is 557. The van der Waals surface area contributed by atoms with Gasteiger partial charge in [-0.05, 0) is 81.3 Å². The molecule has 2 nitrogen and oxygen atoms in total. The molecule has 0 aliphatic rings. The summed E-state index contributed by atoms with van der Waals surface area (Å²) in [5, 5.41) is 0. The summed E-state index contributed by atoms with van der Waals surface area (Å²) in [7, 11) is 0. The first-order chi connectivity index (χ1) is 8.06. The van der Waals surface area contributed by atoms with Crippen molar-refractivity contribution in [2.45, 2.75) is 6.92 Å². The number of hydrogen-bond acceptors (Lipinski definition) is 2. The van der Waals surface area contributed by atoms with Gasteiger partial charge >= 0.3 is 0 Å². The van der Waals surface area contributed by atoms with Crippen molar-refractivity contribution in [2.75, 3.05) is 5.73 Å². The van der Waals surface area contributed by atoms with E-state index in [1.54, 1.807) is 0 Å². The van der Waals surface area contributed by atoms with E-state index in [1.165, 1.54) is 0 Å². The Morgan fingerprint density at radius 1 is 1.24 bits per heavy atom. The number of anilines is 1. The number of halogens is 2. The summed E-state index contributed by atoms with van der Waals surface area (Å²) in [5.74, 6) is 1.60. The van der Waals surface area contributed by atoms with Crippen LogP contribution in [-0.2, 0) is 0 Å². The molecule has 0 fully saturated rings. The highest BCUT2D eigenvalue weighted by Crippen LogP contribution is 2.33. The Labute approximate surface area is 122 Å². The van der Waals surface area contributed by atoms with Crippen molar-refractivity contribution in [3.05, 3.63) is 50.0 Å². The third kappa shape index (κ3) is 3.13. The molecule has 0 bridgehead atoms. The average molecular weight is 404 g/mol. The molecule has 0 spiro atoms. The van der Waals surface area contributed by atoms with Gasteiger partial charge in [0.1, 0.15) is 11.5 Å². The predicted molar refractivity (Wildman–Crippen MR) is 82.5 cm³/mol. The predicted octanol–water partition coefficient (Wildman–Crippen LogP) is 4.74. The normalized spacial score (nSPS) is 10.3. The molecule has 4 heteroatoms. The van der Waals surface area contributed by atoms with Crippen molar-refractivity contribution in [3.8, 4) is 11.5 Å². The van der Waals surface area contributed by atoms with Gasteiger partial charge in [-0.25, -0.2) is 0 Å². The molecule has 88 valence electrons. The molecule has 2 N–H and O–H groups in total.